The molecule has 0 fully saturated rings. The Balaban J connectivity index is 2.36. The van der Waals surface area contributed by atoms with Gasteiger partial charge in [-0.1, -0.05) is 39.3 Å². The molecule has 32 heavy (non-hydrogen) atoms. The number of nitrogens with zero attached hydrogens (tertiary/aromatic N) is 3. The minimum Gasteiger partial charge on any atom is -0.383 e. The van der Waals surface area contributed by atoms with Gasteiger partial charge in [0.15, 0.2) is 0 Å². The summed E-state index contributed by atoms with van der Waals surface area (Å²) in [7, 11) is 0. The number of anilines is 2. The maximum Gasteiger partial charge on any atom is 0.330 e. The zero-order chi connectivity index (χ0) is 23.8. The lowest BCUT2D eigenvalue weighted by atomic mass is 10.2. The third-order valence-corrected chi connectivity index (χ3v) is 5.17. The van der Waals surface area contributed by atoms with Gasteiger partial charge in [0.1, 0.15) is 17.3 Å². The van der Waals surface area contributed by atoms with E-state index >= 15 is 0 Å². The van der Waals surface area contributed by atoms with Crippen molar-refractivity contribution in [1.29, 1.82) is 0 Å². The van der Waals surface area contributed by atoms with Gasteiger partial charge >= 0.3 is 5.69 Å². The number of benzene rings is 1. The Kier molecular flexibility index (Phi) is 9.04. The Hall–Kier alpha value is -3.10. The smallest absolute Gasteiger partial charge is 0.330 e. The first-order valence-corrected chi connectivity index (χ1v) is 11.1. The molecule has 1 heterocycles. The maximum atomic E-state index is 13.6. The number of nitrogens with one attached hydrogen (secondary N) is 1. The highest BCUT2D eigenvalue weighted by atomic mass is 19.1. The first-order valence-electron chi connectivity index (χ1n) is 11.1. The van der Waals surface area contributed by atoms with Crippen LogP contribution in [0.3, 0.4) is 0 Å². The van der Waals surface area contributed by atoms with E-state index in [-0.39, 0.29) is 42.2 Å². The molecule has 0 bridgehead atoms. The number of rotatable bonds is 11. The molecule has 0 spiro atoms. The highest BCUT2D eigenvalue weighted by molar-refractivity contribution is 5.82. The summed E-state index contributed by atoms with van der Waals surface area (Å²) >= 11 is 0. The van der Waals surface area contributed by atoms with Crippen LogP contribution in [0.1, 0.15) is 46.1 Å². The molecule has 3 N–H and O–H groups in total. The van der Waals surface area contributed by atoms with Gasteiger partial charge in [0, 0.05) is 26.2 Å². The number of hydrogen-bond donors (Lipinski definition) is 2. The number of aromatic amines is 1. The van der Waals surface area contributed by atoms with Crippen LogP contribution in [0.15, 0.2) is 33.9 Å². The Morgan fingerprint density at radius 2 is 1.97 bits per heavy atom. The fourth-order valence-electron chi connectivity index (χ4n) is 3.59. The van der Waals surface area contributed by atoms with Crippen LogP contribution in [0.5, 0.6) is 0 Å². The molecule has 0 aliphatic carbocycles. The van der Waals surface area contributed by atoms with Crippen LogP contribution < -0.4 is 21.9 Å². The van der Waals surface area contributed by atoms with Gasteiger partial charge < -0.3 is 15.5 Å². The van der Waals surface area contributed by atoms with Crippen LogP contribution >= 0.6 is 0 Å². The summed E-state index contributed by atoms with van der Waals surface area (Å²) in [5.74, 6) is -0.381. The minimum absolute atomic E-state index is 0.0637. The van der Waals surface area contributed by atoms with Crippen LogP contribution in [0.2, 0.25) is 0 Å². The third-order valence-electron chi connectivity index (χ3n) is 5.17. The number of unbranched alkanes of at least 4 members (excludes halogenated alkanes) is 1. The molecule has 8 nitrogen and oxygen atoms in total. The quantitative estimate of drug-likeness (QED) is 0.551. The molecule has 0 saturated heterocycles. The van der Waals surface area contributed by atoms with E-state index in [2.05, 4.69) is 4.98 Å². The number of halogens is 1. The average molecular weight is 448 g/mol. The molecule has 0 saturated carbocycles. The Bertz CT molecular complexity index is 1030. The number of nitrogen functional groups attached to an aromatic ring is 1. The molecule has 176 valence electrons. The summed E-state index contributed by atoms with van der Waals surface area (Å²) in [5.41, 5.74) is 5.91. The van der Waals surface area contributed by atoms with E-state index in [0.717, 1.165) is 12.8 Å². The molecule has 0 radical (unpaired) electrons. The van der Waals surface area contributed by atoms with E-state index < -0.39 is 11.2 Å². The Labute approximate surface area is 187 Å². The van der Waals surface area contributed by atoms with Crippen molar-refractivity contribution in [3.05, 3.63) is 56.5 Å². The monoisotopic (exact) mass is 447 g/mol. The highest BCUT2D eigenvalue weighted by Crippen LogP contribution is 2.19. The number of amides is 1. The number of carbonyl (C=O) groups is 1. The fraction of sp³-hybridized carbons (Fsp3) is 0.522. The van der Waals surface area contributed by atoms with Crippen LogP contribution in [0.4, 0.5) is 15.9 Å². The summed E-state index contributed by atoms with van der Waals surface area (Å²) in [4.78, 5) is 43.7. The van der Waals surface area contributed by atoms with Crippen molar-refractivity contribution >= 4 is 17.4 Å². The van der Waals surface area contributed by atoms with Gasteiger partial charge in [-0.25, -0.2) is 9.18 Å². The molecule has 0 atom stereocenters. The SMILES string of the molecule is CCCCn1c(N)c(N(CC(=O)N(CC)Cc2cccc(F)c2)CC(C)C)c(=O)[nH]c1=O. The van der Waals surface area contributed by atoms with Gasteiger partial charge in [-0.15, -0.1) is 0 Å². The summed E-state index contributed by atoms with van der Waals surface area (Å²) in [6.07, 6.45) is 1.59. The van der Waals surface area contributed by atoms with Crippen molar-refractivity contribution in [3.63, 3.8) is 0 Å². The second-order valence-corrected chi connectivity index (χ2v) is 8.31. The number of hydrogen-bond acceptors (Lipinski definition) is 5. The van der Waals surface area contributed by atoms with Crippen molar-refractivity contribution < 1.29 is 9.18 Å². The van der Waals surface area contributed by atoms with E-state index in [4.69, 9.17) is 5.73 Å². The molecule has 1 aromatic heterocycles. The van der Waals surface area contributed by atoms with E-state index in [9.17, 15) is 18.8 Å². The van der Waals surface area contributed by atoms with E-state index in [1.807, 2.05) is 27.7 Å². The zero-order valence-electron chi connectivity index (χ0n) is 19.4. The number of carbonyl (C=O) groups excluding carboxylic acids is 1. The molecule has 0 unspecified atom stereocenters. The number of aromatic nitrogens is 2. The fourth-order valence-corrected chi connectivity index (χ4v) is 3.59. The maximum absolute atomic E-state index is 13.6. The molecular formula is C23H34FN5O3. The van der Waals surface area contributed by atoms with Crippen molar-refractivity contribution in [2.24, 2.45) is 5.92 Å². The van der Waals surface area contributed by atoms with Gasteiger partial charge in [0.05, 0.1) is 6.54 Å². The second kappa shape index (κ2) is 11.5. The Morgan fingerprint density at radius 3 is 2.56 bits per heavy atom. The number of nitrogens with two attached hydrogens (primary N) is 1. The molecule has 2 aromatic rings. The molecule has 0 aliphatic rings. The summed E-state index contributed by atoms with van der Waals surface area (Å²) in [6.45, 7) is 9.17. The molecule has 2 rings (SSSR count). The van der Waals surface area contributed by atoms with Crippen molar-refractivity contribution in [3.8, 4) is 0 Å². The molecule has 9 heteroatoms. The predicted molar refractivity (Wildman–Crippen MR) is 125 cm³/mol. The van der Waals surface area contributed by atoms with E-state index in [1.54, 1.807) is 21.9 Å². The normalized spacial score (nSPS) is 11.1. The lowest BCUT2D eigenvalue weighted by Crippen LogP contribution is -2.45. The lowest BCUT2D eigenvalue weighted by Gasteiger charge is -2.30. The minimum atomic E-state index is -0.609. The van der Waals surface area contributed by atoms with Crippen LogP contribution in [0.25, 0.3) is 0 Å². The standard InChI is InChI=1S/C23H34FN5O3/c1-5-7-11-29-21(25)20(22(31)26-23(29)32)28(13-16(3)4)15-19(30)27(6-2)14-17-9-8-10-18(24)12-17/h8-10,12,16H,5-7,11,13-15,25H2,1-4H3,(H,26,31,32). The largest absolute Gasteiger partial charge is 0.383 e. The molecule has 1 aromatic carbocycles. The third kappa shape index (κ3) is 6.45. The average Bonchev–Trinajstić information content (AvgIpc) is 2.71. The van der Waals surface area contributed by atoms with Gasteiger partial charge in [0.25, 0.3) is 5.56 Å². The zero-order valence-corrected chi connectivity index (χ0v) is 19.4. The topological polar surface area (TPSA) is 104 Å². The van der Waals surface area contributed by atoms with E-state index in [0.29, 0.717) is 25.2 Å². The van der Waals surface area contributed by atoms with Crippen molar-refractivity contribution in [2.75, 3.05) is 30.3 Å². The second-order valence-electron chi connectivity index (χ2n) is 8.31. The van der Waals surface area contributed by atoms with Gasteiger partial charge in [-0.05, 0) is 37.0 Å². The van der Waals surface area contributed by atoms with Crippen LogP contribution in [-0.4, -0.2) is 40.0 Å². The first kappa shape index (κ1) is 25.2. The molecule has 1 amide bonds. The van der Waals surface area contributed by atoms with Gasteiger partial charge in [-0.3, -0.25) is 19.1 Å². The molecule has 0 aliphatic heterocycles. The molecular weight excluding hydrogens is 413 g/mol. The summed E-state index contributed by atoms with van der Waals surface area (Å²) in [5, 5.41) is 0. The van der Waals surface area contributed by atoms with Crippen molar-refractivity contribution in [1.82, 2.24) is 14.5 Å². The van der Waals surface area contributed by atoms with Gasteiger partial charge in [0.2, 0.25) is 5.91 Å². The van der Waals surface area contributed by atoms with E-state index in [1.165, 1.54) is 16.7 Å². The number of likely N-dealkylation sites (N-methyl/N-ethyl adjacent to an activating group) is 1. The van der Waals surface area contributed by atoms with Crippen molar-refractivity contribution in [2.45, 2.75) is 53.6 Å². The number of H-pyrrole nitrogens is 1. The lowest BCUT2D eigenvalue weighted by molar-refractivity contribution is -0.130. The van der Waals surface area contributed by atoms with Crippen LogP contribution in [0, 0.1) is 11.7 Å². The predicted octanol–water partition coefficient (Wildman–Crippen LogP) is 2.57. The van der Waals surface area contributed by atoms with Gasteiger partial charge in [-0.2, -0.15) is 0 Å². The summed E-state index contributed by atoms with van der Waals surface area (Å²) < 4.78 is 14.9. The first-order chi connectivity index (χ1) is 15.2. The summed E-state index contributed by atoms with van der Waals surface area (Å²) in [6, 6.07) is 6.12. The van der Waals surface area contributed by atoms with Crippen LogP contribution in [-0.2, 0) is 17.9 Å². The Morgan fingerprint density at radius 1 is 1.25 bits per heavy atom. The highest BCUT2D eigenvalue weighted by Gasteiger charge is 2.24.